The minimum atomic E-state index is -4.71. The Morgan fingerprint density at radius 2 is 1.56 bits per heavy atom. The number of nitrogens with zero attached hydrogens (tertiary/aromatic N) is 5. The van der Waals surface area contributed by atoms with Crippen LogP contribution < -0.4 is 20.0 Å². The Hall–Kier alpha value is -3.34. The van der Waals surface area contributed by atoms with Crippen molar-refractivity contribution in [2.75, 3.05) is 59.3 Å². The third kappa shape index (κ3) is 5.40. The number of benzene rings is 1. The van der Waals surface area contributed by atoms with Gasteiger partial charge in [0.1, 0.15) is 10.7 Å². The topological polar surface area (TPSA) is 64.6 Å². The first-order chi connectivity index (χ1) is 17.4. The molecular formula is C25H27F3N6OS. The monoisotopic (exact) mass is 516 g/mol. The van der Waals surface area contributed by atoms with Crippen molar-refractivity contribution in [2.45, 2.75) is 25.4 Å². The van der Waals surface area contributed by atoms with Gasteiger partial charge in [-0.25, -0.2) is 9.97 Å². The molecule has 0 atom stereocenters. The van der Waals surface area contributed by atoms with Crippen molar-refractivity contribution in [2.24, 2.45) is 0 Å². The van der Waals surface area contributed by atoms with Crippen LogP contribution >= 0.6 is 11.3 Å². The molecule has 2 fully saturated rings. The van der Waals surface area contributed by atoms with Crippen LogP contribution in [0.25, 0.3) is 0 Å². The summed E-state index contributed by atoms with van der Waals surface area (Å²) < 4.78 is 40.9. The van der Waals surface area contributed by atoms with E-state index in [1.807, 2.05) is 23.1 Å². The predicted octanol–water partition coefficient (Wildman–Crippen LogP) is 5.13. The van der Waals surface area contributed by atoms with E-state index in [0.717, 1.165) is 62.6 Å². The highest BCUT2D eigenvalue weighted by molar-refractivity contribution is 7.17. The summed E-state index contributed by atoms with van der Waals surface area (Å²) in [5.41, 5.74) is 0.395. The molecule has 5 rings (SSSR count). The van der Waals surface area contributed by atoms with Crippen LogP contribution in [-0.2, 0) is 6.18 Å². The standard InChI is InChI=1S/C25H27F3N6OS/c26-25(27,28)22-21(36-24(31-22)34-11-5-2-6-12-34)23(35)30-18-9-10-20(29-17-18)33-15-13-32(14-16-33)19-7-3-1-4-8-19/h1,3-4,7-10,17H,2,5-6,11-16H2,(H,30,35). The molecule has 11 heteroatoms. The lowest BCUT2D eigenvalue weighted by molar-refractivity contribution is -0.141. The van der Waals surface area contributed by atoms with Crippen LogP contribution in [0.4, 0.5) is 35.5 Å². The maximum Gasteiger partial charge on any atom is 0.435 e. The maximum atomic E-state index is 13.6. The lowest BCUT2D eigenvalue weighted by atomic mass is 10.1. The number of halogens is 3. The van der Waals surface area contributed by atoms with Gasteiger partial charge in [-0.2, -0.15) is 13.2 Å². The molecule has 36 heavy (non-hydrogen) atoms. The molecule has 7 nitrogen and oxygen atoms in total. The van der Waals surface area contributed by atoms with Gasteiger partial charge >= 0.3 is 6.18 Å². The number of amides is 1. The van der Waals surface area contributed by atoms with Crippen LogP contribution in [0.1, 0.15) is 34.6 Å². The first-order valence-corrected chi connectivity index (χ1v) is 12.9. The number of carbonyl (C=O) groups excluding carboxylic acids is 1. The molecule has 3 aromatic rings. The van der Waals surface area contributed by atoms with Crippen molar-refractivity contribution >= 4 is 39.6 Å². The Morgan fingerprint density at radius 3 is 2.19 bits per heavy atom. The van der Waals surface area contributed by atoms with Gasteiger partial charge in [-0.1, -0.05) is 29.5 Å². The molecule has 0 radical (unpaired) electrons. The summed E-state index contributed by atoms with van der Waals surface area (Å²) in [6.07, 6.45) is -0.367. The number of anilines is 4. The fourth-order valence-electron chi connectivity index (χ4n) is 4.54. The van der Waals surface area contributed by atoms with E-state index in [1.165, 1.54) is 11.9 Å². The quantitative estimate of drug-likeness (QED) is 0.508. The predicted molar refractivity (Wildman–Crippen MR) is 136 cm³/mol. The number of nitrogens with one attached hydrogen (secondary N) is 1. The van der Waals surface area contributed by atoms with Crippen LogP contribution in [0.3, 0.4) is 0 Å². The van der Waals surface area contributed by atoms with Gasteiger partial charge in [0, 0.05) is 45.0 Å². The van der Waals surface area contributed by atoms with Crippen molar-refractivity contribution in [1.82, 2.24) is 9.97 Å². The largest absolute Gasteiger partial charge is 0.435 e. The molecule has 1 N–H and O–H groups in total. The third-order valence-electron chi connectivity index (χ3n) is 6.45. The Bertz CT molecular complexity index is 1170. The van der Waals surface area contributed by atoms with Crippen molar-refractivity contribution < 1.29 is 18.0 Å². The highest BCUT2D eigenvalue weighted by Crippen LogP contribution is 2.38. The van der Waals surface area contributed by atoms with E-state index in [-0.39, 0.29) is 5.13 Å². The average Bonchev–Trinajstić information content (AvgIpc) is 3.37. The summed E-state index contributed by atoms with van der Waals surface area (Å²) in [7, 11) is 0. The number of alkyl halides is 3. The van der Waals surface area contributed by atoms with Gasteiger partial charge in [-0.3, -0.25) is 4.79 Å². The van der Waals surface area contributed by atoms with E-state index in [0.29, 0.717) is 18.8 Å². The molecule has 0 aliphatic carbocycles. The highest BCUT2D eigenvalue weighted by Gasteiger charge is 2.40. The van der Waals surface area contributed by atoms with Crippen LogP contribution in [0, 0.1) is 0 Å². The number of pyridine rings is 1. The molecule has 0 saturated carbocycles. The number of aromatic nitrogens is 2. The number of hydrogen-bond acceptors (Lipinski definition) is 7. The summed E-state index contributed by atoms with van der Waals surface area (Å²) in [5, 5.41) is 2.82. The smallest absolute Gasteiger partial charge is 0.368 e. The van der Waals surface area contributed by atoms with E-state index < -0.39 is 22.7 Å². The average molecular weight is 517 g/mol. The normalized spacial score (nSPS) is 16.8. The van der Waals surface area contributed by atoms with Gasteiger partial charge in [0.2, 0.25) is 0 Å². The lowest BCUT2D eigenvalue weighted by Crippen LogP contribution is -2.46. The van der Waals surface area contributed by atoms with Gasteiger partial charge in [-0.05, 0) is 43.5 Å². The van der Waals surface area contributed by atoms with Crippen molar-refractivity contribution in [3.63, 3.8) is 0 Å². The molecule has 4 heterocycles. The number of hydrogen-bond donors (Lipinski definition) is 1. The number of rotatable bonds is 5. The summed E-state index contributed by atoms with van der Waals surface area (Å²) >= 11 is 0.794. The zero-order chi connectivity index (χ0) is 25.1. The Balaban J connectivity index is 1.24. The van der Waals surface area contributed by atoms with Crippen molar-refractivity contribution in [3.05, 3.63) is 59.2 Å². The summed E-state index contributed by atoms with van der Waals surface area (Å²) in [6, 6.07) is 13.7. The number of thiazole rings is 1. The Labute approximate surface area is 211 Å². The van der Waals surface area contributed by atoms with Gasteiger partial charge in [-0.15, -0.1) is 0 Å². The molecule has 2 aromatic heterocycles. The second-order valence-corrected chi connectivity index (χ2v) is 9.87. The number of piperidine rings is 1. The van der Waals surface area contributed by atoms with Gasteiger partial charge in [0.15, 0.2) is 10.8 Å². The van der Waals surface area contributed by atoms with Crippen LogP contribution in [-0.4, -0.2) is 55.1 Å². The van der Waals surface area contributed by atoms with E-state index >= 15 is 0 Å². The highest BCUT2D eigenvalue weighted by atomic mass is 32.1. The minimum absolute atomic E-state index is 0.246. The summed E-state index contributed by atoms with van der Waals surface area (Å²) in [5.74, 6) is -0.0593. The molecule has 2 saturated heterocycles. The molecule has 0 unspecified atom stereocenters. The van der Waals surface area contributed by atoms with Gasteiger partial charge < -0.3 is 20.0 Å². The number of para-hydroxylation sites is 1. The fraction of sp³-hybridized carbons (Fsp3) is 0.400. The zero-order valence-electron chi connectivity index (χ0n) is 19.7. The SMILES string of the molecule is O=C(Nc1ccc(N2CCN(c3ccccc3)CC2)nc1)c1sc(N2CCCCC2)nc1C(F)(F)F. The van der Waals surface area contributed by atoms with E-state index in [1.54, 1.807) is 12.1 Å². The van der Waals surface area contributed by atoms with Crippen molar-refractivity contribution in [3.8, 4) is 0 Å². The van der Waals surface area contributed by atoms with E-state index in [4.69, 9.17) is 0 Å². The lowest BCUT2D eigenvalue weighted by Gasteiger charge is -2.36. The molecule has 0 bridgehead atoms. The fourth-order valence-corrected chi connectivity index (χ4v) is 5.58. The second kappa shape index (κ2) is 10.3. The molecular weight excluding hydrogens is 489 g/mol. The van der Waals surface area contributed by atoms with Crippen LogP contribution in [0.2, 0.25) is 0 Å². The molecule has 2 aliphatic heterocycles. The summed E-state index contributed by atoms with van der Waals surface area (Å²) in [6.45, 7) is 4.60. The number of carbonyl (C=O) groups is 1. The van der Waals surface area contributed by atoms with Crippen molar-refractivity contribution in [1.29, 1.82) is 0 Å². The second-order valence-electron chi connectivity index (χ2n) is 8.89. The Kier molecular flexibility index (Phi) is 6.99. The third-order valence-corrected chi connectivity index (χ3v) is 7.56. The minimum Gasteiger partial charge on any atom is -0.368 e. The van der Waals surface area contributed by atoms with E-state index in [9.17, 15) is 18.0 Å². The summed E-state index contributed by atoms with van der Waals surface area (Å²) in [4.78, 5) is 27.0. The Morgan fingerprint density at radius 1 is 0.861 bits per heavy atom. The number of piperazine rings is 1. The molecule has 2 aliphatic rings. The molecule has 1 amide bonds. The first kappa shape index (κ1) is 24.4. The van der Waals surface area contributed by atoms with Crippen LogP contribution in [0.15, 0.2) is 48.7 Å². The van der Waals surface area contributed by atoms with Gasteiger partial charge in [0.05, 0.1) is 11.9 Å². The van der Waals surface area contributed by atoms with Crippen LogP contribution in [0.5, 0.6) is 0 Å². The maximum absolute atomic E-state index is 13.6. The molecule has 190 valence electrons. The molecule has 0 spiro atoms. The van der Waals surface area contributed by atoms with Gasteiger partial charge in [0.25, 0.3) is 5.91 Å². The first-order valence-electron chi connectivity index (χ1n) is 12.0. The van der Waals surface area contributed by atoms with E-state index in [2.05, 4.69) is 37.2 Å². The molecule has 1 aromatic carbocycles. The zero-order valence-corrected chi connectivity index (χ0v) is 20.5.